The second-order valence-electron chi connectivity index (χ2n) is 8.32. The summed E-state index contributed by atoms with van der Waals surface area (Å²) >= 11 is 0. The van der Waals surface area contributed by atoms with Crippen molar-refractivity contribution >= 4 is 27.6 Å². The fraction of sp³-hybridized carbons (Fsp3) is 0.200. The van der Waals surface area contributed by atoms with E-state index in [9.17, 15) is 0 Å². The Bertz CT molecular complexity index is 1470. The molecule has 0 aliphatic carbocycles. The molecule has 2 aromatic carbocycles. The van der Waals surface area contributed by atoms with E-state index in [1.807, 2.05) is 18.3 Å². The fourth-order valence-corrected chi connectivity index (χ4v) is 4.82. The summed E-state index contributed by atoms with van der Waals surface area (Å²) in [5, 5.41) is 2.17. The summed E-state index contributed by atoms with van der Waals surface area (Å²) in [5.41, 5.74) is 11.2. The van der Waals surface area contributed by atoms with Crippen molar-refractivity contribution in [3.05, 3.63) is 77.9 Å². The minimum atomic E-state index is -0.0970. The first-order valence-corrected chi connectivity index (χ1v) is 10.7. The van der Waals surface area contributed by atoms with Crippen LogP contribution in [0.3, 0.4) is 0 Å². The van der Waals surface area contributed by atoms with Crippen molar-refractivity contribution < 1.29 is 4.74 Å². The standard InChI is InChI=1S/C25H24N6O/c1-30-11-8-16-13-21(32-2)19(26)14-18(16)22(30)24-28-23-17(7-10-27-23)25(29-24)31-12-9-15-5-3-4-6-20(15)31/h3-7,9-10,12-14,22H,8,11,26H2,1-2H3,(H,27,28,29). The highest BCUT2D eigenvalue weighted by molar-refractivity contribution is 5.88. The van der Waals surface area contributed by atoms with Crippen LogP contribution in [0.25, 0.3) is 27.8 Å². The smallest absolute Gasteiger partial charge is 0.154 e. The van der Waals surface area contributed by atoms with Gasteiger partial charge in [-0.25, -0.2) is 9.97 Å². The summed E-state index contributed by atoms with van der Waals surface area (Å²) in [6.07, 6.45) is 4.92. The van der Waals surface area contributed by atoms with Crippen LogP contribution in [0.1, 0.15) is 23.0 Å². The lowest BCUT2D eigenvalue weighted by Crippen LogP contribution is -2.34. The van der Waals surface area contributed by atoms with E-state index in [1.54, 1.807) is 7.11 Å². The van der Waals surface area contributed by atoms with Gasteiger partial charge < -0.3 is 20.0 Å². The van der Waals surface area contributed by atoms with Crippen LogP contribution in [0.15, 0.2) is 60.9 Å². The number of aromatic nitrogens is 4. The summed E-state index contributed by atoms with van der Waals surface area (Å²) < 4.78 is 7.60. The zero-order valence-electron chi connectivity index (χ0n) is 18.0. The molecule has 7 nitrogen and oxygen atoms in total. The van der Waals surface area contributed by atoms with E-state index in [-0.39, 0.29) is 6.04 Å². The normalized spacial score (nSPS) is 16.5. The predicted octanol–water partition coefficient (Wildman–Crippen LogP) is 4.07. The number of aromatic amines is 1. The molecule has 5 aromatic rings. The maximum atomic E-state index is 6.29. The number of benzene rings is 2. The Morgan fingerprint density at radius 2 is 2.00 bits per heavy atom. The largest absolute Gasteiger partial charge is 0.495 e. The second-order valence-corrected chi connectivity index (χ2v) is 8.32. The number of H-pyrrole nitrogens is 1. The van der Waals surface area contributed by atoms with E-state index >= 15 is 0 Å². The number of nitrogens with two attached hydrogens (primary N) is 1. The van der Waals surface area contributed by atoms with Crippen molar-refractivity contribution in [3.8, 4) is 11.6 Å². The zero-order valence-corrected chi connectivity index (χ0v) is 18.0. The lowest BCUT2D eigenvalue weighted by molar-refractivity contribution is 0.255. The zero-order chi connectivity index (χ0) is 21.8. The second kappa shape index (κ2) is 7.10. The SMILES string of the molecule is COc1cc2c(cc1N)C(c1nc(-n3ccc4ccccc43)c3cc[nH]c3n1)N(C)CC2. The fourth-order valence-electron chi connectivity index (χ4n) is 4.82. The molecule has 1 aliphatic heterocycles. The Morgan fingerprint density at radius 3 is 2.88 bits per heavy atom. The molecular formula is C25H24N6O. The van der Waals surface area contributed by atoms with Gasteiger partial charge in [-0.15, -0.1) is 0 Å². The van der Waals surface area contributed by atoms with E-state index in [0.717, 1.165) is 46.7 Å². The summed E-state index contributed by atoms with van der Waals surface area (Å²) in [5.74, 6) is 2.34. The molecule has 0 saturated heterocycles. The molecule has 0 radical (unpaired) electrons. The van der Waals surface area contributed by atoms with Gasteiger partial charge in [-0.1, -0.05) is 18.2 Å². The third-order valence-electron chi connectivity index (χ3n) is 6.45. The van der Waals surface area contributed by atoms with Crippen LogP contribution in [0.4, 0.5) is 5.69 Å². The lowest BCUT2D eigenvalue weighted by atomic mass is 9.91. The molecule has 0 fully saturated rings. The summed E-state index contributed by atoms with van der Waals surface area (Å²) in [6, 6.07) is 16.5. The van der Waals surface area contributed by atoms with E-state index in [1.165, 1.54) is 10.9 Å². The van der Waals surface area contributed by atoms with Crippen molar-refractivity contribution in [1.29, 1.82) is 0 Å². The van der Waals surface area contributed by atoms with Gasteiger partial charge in [0, 0.05) is 18.9 Å². The third kappa shape index (κ3) is 2.78. The van der Waals surface area contributed by atoms with E-state index in [4.69, 9.17) is 20.4 Å². The summed E-state index contributed by atoms with van der Waals surface area (Å²) in [7, 11) is 3.77. The molecule has 0 bridgehead atoms. The molecule has 0 spiro atoms. The molecule has 1 unspecified atom stereocenters. The number of nitrogens with one attached hydrogen (secondary N) is 1. The average molecular weight is 425 g/mol. The van der Waals surface area contributed by atoms with Crippen LogP contribution < -0.4 is 10.5 Å². The third-order valence-corrected chi connectivity index (χ3v) is 6.45. The van der Waals surface area contributed by atoms with Gasteiger partial charge in [-0.2, -0.15) is 0 Å². The molecule has 3 N–H and O–H groups in total. The first-order valence-electron chi connectivity index (χ1n) is 10.7. The van der Waals surface area contributed by atoms with Crippen LogP contribution in [-0.2, 0) is 6.42 Å². The molecule has 1 atom stereocenters. The van der Waals surface area contributed by atoms with Crippen LogP contribution in [-0.4, -0.2) is 45.1 Å². The van der Waals surface area contributed by atoms with E-state index in [0.29, 0.717) is 11.4 Å². The Hall–Kier alpha value is -3.84. The van der Waals surface area contributed by atoms with Gasteiger partial charge in [0.05, 0.1) is 29.7 Å². The number of fused-ring (bicyclic) bond motifs is 3. The number of hydrogen-bond acceptors (Lipinski definition) is 5. The monoisotopic (exact) mass is 424 g/mol. The molecule has 0 saturated carbocycles. The summed E-state index contributed by atoms with van der Waals surface area (Å²) in [4.78, 5) is 15.6. The quantitative estimate of drug-likeness (QED) is 0.427. The van der Waals surface area contributed by atoms with E-state index in [2.05, 4.69) is 64.1 Å². The maximum absolute atomic E-state index is 6.29. The number of nitrogens with zero attached hydrogens (tertiary/aromatic N) is 4. The van der Waals surface area contributed by atoms with Gasteiger partial charge in [0.2, 0.25) is 0 Å². The first kappa shape index (κ1) is 18.9. The topological polar surface area (TPSA) is 85.0 Å². The highest BCUT2D eigenvalue weighted by Crippen LogP contribution is 2.38. The number of hydrogen-bond donors (Lipinski definition) is 2. The van der Waals surface area contributed by atoms with Crippen molar-refractivity contribution in [2.24, 2.45) is 0 Å². The predicted molar refractivity (Wildman–Crippen MR) is 126 cm³/mol. The van der Waals surface area contributed by atoms with Crippen molar-refractivity contribution in [3.63, 3.8) is 0 Å². The van der Waals surface area contributed by atoms with Crippen molar-refractivity contribution in [1.82, 2.24) is 24.4 Å². The molecule has 3 aromatic heterocycles. The number of para-hydroxylation sites is 1. The number of anilines is 1. The van der Waals surface area contributed by atoms with Crippen molar-refractivity contribution in [2.75, 3.05) is 26.4 Å². The molecule has 1 aliphatic rings. The highest BCUT2D eigenvalue weighted by Gasteiger charge is 2.31. The molecule has 0 amide bonds. The average Bonchev–Trinajstić information content (AvgIpc) is 3.45. The Labute approximate surface area is 185 Å². The molecular weight excluding hydrogens is 400 g/mol. The Morgan fingerprint density at radius 1 is 1.12 bits per heavy atom. The van der Waals surface area contributed by atoms with Gasteiger partial charge in [0.25, 0.3) is 0 Å². The van der Waals surface area contributed by atoms with Gasteiger partial charge in [0.1, 0.15) is 17.2 Å². The van der Waals surface area contributed by atoms with Crippen LogP contribution >= 0.6 is 0 Å². The minimum Gasteiger partial charge on any atom is -0.495 e. The van der Waals surface area contributed by atoms with Gasteiger partial charge in [-0.05, 0) is 60.3 Å². The number of ether oxygens (including phenoxy) is 1. The number of methoxy groups -OCH3 is 1. The summed E-state index contributed by atoms with van der Waals surface area (Å²) in [6.45, 7) is 0.901. The van der Waals surface area contributed by atoms with Crippen LogP contribution in [0.5, 0.6) is 5.75 Å². The Balaban J connectivity index is 1.58. The minimum absolute atomic E-state index is 0.0970. The van der Waals surface area contributed by atoms with Gasteiger partial charge in [-0.3, -0.25) is 4.90 Å². The van der Waals surface area contributed by atoms with Crippen LogP contribution in [0.2, 0.25) is 0 Å². The Kier molecular flexibility index (Phi) is 4.19. The molecule has 6 rings (SSSR count). The van der Waals surface area contributed by atoms with Crippen LogP contribution in [0, 0.1) is 0 Å². The number of likely N-dealkylation sites (N-methyl/N-ethyl adjacent to an activating group) is 1. The van der Waals surface area contributed by atoms with Gasteiger partial charge >= 0.3 is 0 Å². The number of nitrogen functional groups attached to an aromatic ring is 1. The lowest BCUT2D eigenvalue weighted by Gasteiger charge is -2.34. The maximum Gasteiger partial charge on any atom is 0.154 e. The molecule has 32 heavy (non-hydrogen) atoms. The molecule has 4 heterocycles. The van der Waals surface area contributed by atoms with E-state index < -0.39 is 0 Å². The van der Waals surface area contributed by atoms with Crippen molar-refractivity contribution in [2.45, 2.75) is 12.5 Å². The number of rotatable bonds is 3. The highest BCUT2D eigenvalue weighted by atomic mass is 16.5. The molecule has 7 heteroatoms. The van der Waals surface area contributed by atoms with Gasteiger partial charge in [0.15, 0.2) is 5.82 Å². The first-order chi connectivity index (χ1) is 15.6. The molecule has 160 valence electrons.